The third-order valence-corrected chi connectivity index (χ3v) is 4.67. The number of nitrogens with one attached hydrogen (secondary N) is 1. The molecule has 1 aromatic heterocycles. The molecule has 7 heteroatoms. The van der Waals surface area contributed by atoms with E-state index in [4.69, 9.17) is 0 Å². The highest BCUT2D eigenvalue weighted by Crippen LogP contribution is 2.27. The molecule has 1 saturated heterocycles. The van der Waals surface area contributed by atoms with E-state index in [1.807, 2.05) is 24.3 Å². The van der Waals surface area contributed by atoms with Gasteiger partial charge in [0.25, 0.3) is 0 Å². The summed E-state index contributed by atoms with van der Waals surface area (Å²) in [7, 11) is -3.13. The zero-order valence-electron chi connectivity index (χ0n) is 12.6. The lowest BCUT2D eigenvalue weighted by molar-refractivity contribution is 0.410. The molecule has 0 saturated carbocycles. The Bertz CT molecular complexity index is 758. The van der Waals surface area contributed by atoms with Gasteiger partial charge in [-0.2, -0.15) is 0 Å². The quantitative estimate of drug-likeness (QED) is 0.921. The van der Waals surface area contributed by atoms with Gasteiger partial charge in [-0.15, -0.1) is 0 Å². The third-order valence-electron chi connectivity index (χ3n) is 3.97. The minimum Gasteiger partial charge on any atom is -0.356 e. The standard InChI is InChI=1S/C15H20N4O2S/c1-22(20,21)18-9-12-5-4-8-19(10-12)15-13-6-2-3-7-14(13)16-11-17-15/h2-3,6-7,11-12,18H,4-5,8-10H2,1H3. The zero-order valence-corrected chi connectivity index (χ0v) is 13.4. The van der Waals surface area contributed by atoms with Gasteiger partial charge >= 0.3 is 0 Å². The van der Waals surface area contributed by atoms with E-state index in [0.29, 0.717) is 12.5 Å². The molecule has 118 valence electrons. The SMILES string of the molecule is CS(=O)(=O)NCC1CCCN(c2ncnc3ccccc23)C1. The first-order valence-electron chi connectivity index (χ1n) is 7.42. The van der Waals surface area contributed by atoms with Gasteiger partial charge in [-0.1, -0.05) is 12.1 Å². The normalized spacial score (nSPS) is 19.5. The number of aromatic nitrogens is 2. The van der Waals surface area contributed by atoms with Gasteiger partial charge in [0.2, 0.25) is 10.0 Å². The average Bonchev–Trinajstić information content (AvgIpc) is 2.52. The maximum Gasteiger partial charge on any atom is 0.208 e. The molecular formula is C15H20N4O2S. The summed E-state index contributed by atoms with van der Waals surface area (Å²) in [4.78, 5) is 11.0. The van der Waals surface area contributed by atoms with Crippen molar-refractivity contribution in [3.05, 3.63) is 30.6 Å². The molecule has 0 spiro atoms. The van der Waals surface area contributed by atoms with Gasteiger partial charge in [0.05, 0.1) is 11.8 Å². The second kappa shape index (κ2) is 6.18. The summed E-state index contributed by atoms with van der Waals surface area (Å²) < 4.78 is 25.1. The van der Waals surface area contributed by atoms with E-state index in [1.54, 1.807) is 6.33 Å². The fraction of sp³-hybridized carbons (Fsp3) is 0.467. The van der Waals surface area contributed by atoms with E-state index < -0.39 is 10.0 Å². The lowest BCUT2D eigenvalue weighted by atomic mass is 9.98. The highest BCUT2D eigenvalue weighted by molar-refractivity contribution is 7.88. The molecular weight excluding hydrogens is 300 g/mol. The number of nitrogens with zero attached hydrogens (tertiary/aromatic N) is 3. The Morgan fingerprint density at radius 1 is 1.32 bits per heavy atom. The van der Waals surface area contributed by atoms with Crippen molar-refractivity contribution in [2.45, 2.75) is 12.8 Å². The van der Waals surface area contributed by atoms with Crippen LogP contribution in [0.25, 0.3) is 10.9 Å². The maximum atomic E-state index is 11.3. The number of anilines is 1. The smallest absolute Gasteiger partial charge is 0.208 e. The topological polar surface area (TPSA) is 75.2 Å². The van der Waals surface area contributed by atoms with E-state index in [-0.39, 0.29) is 0 Å². The van der Waals surface area contributed by atoms with Crippen molar-refractivity contribution in [3.8, 4) is 0 Å². The molecule has 0 bridgehead atoms. The monoisotopic (exact) mass is 320 g/mol. The van der Waals surface area contributed by atoms with Crippen LogP contribution in [0.4, 0.5) is 5.82 Å². The Morgan fingerprint density at radius 3 is 2.95 bits per heavy atom. The van der Waals surface area contributed by atoms with Gasteiger partial charge in [0.15, 0.2) is 0 Å². The summed E-state index contributed by atoms with van der Waals surface area (Å²) in [5, 5.41) is 1.04. The highest BCUT2D eigenvalue weighted by atomic mass is 32.2. The second-order valence-electron chi connectivity index (χ2n) is 5.79. The van der Waals surface area contributed by atoms with Crippen LogP contribution in [-0.2, 0) is 10.0 Å². The van der Waals surface area contributed by atoms with Crippen molar-refractivity contribution < 1.29 is 8.42 Å². The van der Waals surface area contributed by atoms with Crippen LogP contribution in [0, 0.1) is 5.92 Å². The first-order valence-corrected chi connectivity index (χ1v) is 9.31. The maximum absolute atomic E-state index is 11.3. The molecule has 6 nitrogen and oxygen atoms in total. The van der Waals surface area contributed by atoms with Crippen LogP contribution >= 0.6 is 0 Å². The molecule has 1 unspecified atom stereocenters. The number of piperidine rings is 1. The van der Waals surface area contributed by atoms with Crippen molar-refractivity contribution in [2.75, 3.05) is 30.8 Å². The van der Waals surface area contributed by atoms with E-state index in [0.717, 1.165) is 42.7 Å². The summed E-state index contributed by atoms with van der Waals surface area (Å²) in [5.41, 5.74) is 0.934. The van der Waals surface area contributed by atoms with Gasteiger partial charge in [-0.3, -0.25) is 0 Å². The molecule has 1 aliphatic rings. The Morgan fingerprint density at radius 2 is 2.14 bits per heavy atom. The highest BCUT2D eigenvalue weighted by Gasteiger charge is 2.23. The number of sulfonamides is 1. The van der Waals surface area contributed by atoms with Crippen LogP contribution in [-0.4, -0.2) is 44.3 Å². The number of para-hydroxylation sites is 1. The Hall–Kier alpha value is -1.73. The van der Waals surface area contributed by atoms with Crippen LogP contribution in [0.3, 0.4) is 0 Å². The second-order valence-corrected chi connectivity index (χ2v) is 7.62. The minimum absolute atomic E-state index is 0.303. The number of hydrogen-bond donors (Lipinski definition) is 1. The fourth-order valence-electron chi connectivity index (χ4n) is 2.94. The Labute approximate surface area is 130 Å². The van der Waals surface area contributed by atoms with Crippen molar-refractivity contribution in [3.63, 3.8) is 0 Å². The Kier molecular flexibility index (Phi) is 4.26. The molecule has 1 atom stereocenters. The molecule has 1 aliphatic heterocycles. The molecule has 0 aliphatic carbocycles. The predicted octanol–water partition coefficient (Wildman–Crippen LogP) is 1.40. The average molecular weight is 320 g/mol. The third kappa shape index (κ3) is 3.53. The number of fused-ring (bicyclic) bond motifs is 1. The zero-order chi connectivity index (χ0) is 15.6. The summed E-state index contributed by atoms with van der Waals surface area (Å²) >= 11 is 0. The van der Waals surface area contributed by atoms with Crippen LogP contribution in [0.5, 0.6) is 0 Å². The Balaban J connectivity index is 1.79. The number of hydrogen-bond acceptors (Lipinski definition) is 5. The molecule has 3 rings (SSSR count). The fourth-order valence-corrected chi connectivity index (χ4v) is 3.47. The largest absolute Gasteiger partial charge is 0.356 e. The minimum atomic E-state index is -3.13. The molecule has 22 heavy (non-hydrogen) atoms. The molecule has 2 aromatic rings. The van der Waals surface area contributed by atoms with Crippen molar-refractivity contribution in [1.82, 2.24) is 14.7 Å². The molecule has 2 heterocycles. The van der Waals surface area contributed by atoms with Gasteiger partial charge in [-0.25, -0.2) is 23.1 Å². The molecule has 0 amide bonds. The number of benzene rings is 1. The molecule has 1 aromatic carbocycles. The van der Waals surface area contributed by atoms with Gasteiger partial charge in [-0.05, 0) is 30.9 Å². The van der Waals surface area contributed by atoms with Crippen molar-refractivity contribution in [2.24, 2.45) is 5.92 Å². The summed E-state index contributed by atoms with van der Waals surface area (Å²) in [6.07, 6.45) is 4.86. The van der Waals surface area contributed by atoms with Crippen LogP contribution < -0.4 is 9.62 Å². The van der Waals surface area contributed by atoms with Crippen LogP contribution in [0.1, 0.15) is 12.8 Å². The van der Waals surface area contributed by atoms with E-state index >= 15 is 0 Å². The molecule has 0 radical (unpaired) electrons. The summed E-state index contributed by atoms with van der Waals surface area (Å²) in [5.74, 6) is 1.24. The van der Waals surface area contributed by atoms with Crippen molar-refractivity contribution >= 4 is 26.7 Å². The van der Waals surface area contributed by atoms with E-state index in [2.05, 4.69) is 19.6 Å². The summed E-state index contributed by atoms with van der Waals surface area (Å²) in [6.45, 7) is 2.23. The molecule has 1 fully saturated rings. The van der Waals surface area contributed by atoms with Crippen molar-refractivity contribution in [1.29, 1.82) is 0 Å². The lowest BCUT2D eigenvalue weighted by Crippen LogP contribution is -2.41. The lowest BCUT2D eigenvalue weighted by Gasteiger charge is -2.34. The molecule has 1 N–H and O–H groups in total. The summed E-state index contributed by atoms with van der Waals surface area (Å²) in [6, 6.07) is 7.96. The van der Waals surface area contributed by atoms with Gasteiger partial charge in [0, 0.05) is 25.0 Å². The van der Waals surface area contributed by atoms with Crippen LogP contribution in [0.2, 0.25) is 0 Å². The van der Waals surface area contributed by atoms with E-state index in [9.17, 15) is 8.42 Å². The first-order chi connectivity index (χ1) is 10.5. The first kappa shape index (κ1) is 15.2. The predicted molar refractivity (Wildman–Crippen MR) is 87.3 cm³/mol. The van der Waals surface area contributed by atoms with Crippen LogP contribution in [0.15, 0.2) is 30.6 Å². The van der Waals surface area contributed by atoms with Gasteiger partial charge < -0.3 is 4.90 Å². The van der Waals surface area contributed by atoms with E-state index in [1.165, 1.54) is 6.26 Å². The number of rotatable bonds is 4. The van der Waals surface area contributed by atoms with Gasteiger partial charge in [0.1, 0.15) is 12.1 Å².